The maximum absolute atomic E-state index is 13.4. The van der Waals surface area contributed by atoms with Crippen LogP contribution in [-0.2, 0) is 24.0 Å². The first-order chi connectivity index (χ1) is 40.9. The zero-order valence-electron chi connectivity index (χ0n) is 46.5. The minimum Gasteiger partial charge on any atom is -0.378 e. The number of nitro benzene ring substituents is 2. The van der Waals surface area contributed by atoms with Gasteiger partial charge in [-0.15, -0.1) is 0 Å². The smallest absolute Gasteiger partial charge is 0.332 e. The number of rotatable bonds is 19. The molecule has 20 heteroatoms. The molecule has 0 bridgehead atoms. The first-order valence-corrected chi connectivity index (χ1v) is 27.9. The van der Waals surface area contributed by atoms with Crippen molar-refractivity contribution in [2.24, 2.45) is 10.3 Å². The number of hydrogen-bond donors (Lipinski definition) is 0. The highest BCUT2D eigenvalue weighted by atomic mass is 32.2. The molecule has 0 radical (unpaired) electrons. The summed E-state index contributed by atoms with van der Waals surface area (Å²) in [6.07, 6.45) is 0. The van der Waals surface area contributed by atoms with Crippen LogP contribution < -0.4 is 4.90 Å². The fourth-order valence-corrected chi connectivity index (χ4v) is 10.5. The molecule has 9 rings (SSSR count). The van der Waals surface area contributed by atoms with Gasteiger partial charge in [0.1, 0.15) is 0 Å². The van der Waals surface area contributed by atoms with Crippen LogP contribution in [0.25, 0.3) is 0 Å². The molecule has 0 aliphatic carbocycles. The molecule has 0 saturated carbocycles. The minimum atomic E-state index is -0.732. The lowest BCUT2D eigenvalue weighted by Gasteiger charge is -2.28. The van der Waals surface area contributed by atoms with Crippen LogP contribution in [0.4, 0.5) is 17.1 Å². The lowest BCUT2D eigenvalue weighted by atomic mass is 9.96. The second kappa shape index (κ2) is 28.3. The van der Waals surface area contributed by atoms with Crippen molar-refractivity contribution in [3.63, 3.8) is 0 Å². The number of ether oxygens (including phenoxy) is 1. The van der Waals surface area contributed by atoms with E-state index in [0.717, 1.165) is 57.8 Å². The van der Waals surface area contributed by atoms with Gasteiger partial charge in [-0.05, 0) is 148 Å². The summed E-state index contributed by atoms with van der Waals surface area (Å²) in [7, 11) is 0. The molecule has 1 fully saturated rings. The Morgan fingerprint density at radius 1 is 0.459 bits per heavy atom. The number of hydrogen-bond acceptors (Lipinski definition) is 18. The van der Waals surface area contributed by atoms with E-state index in [9.17, 15) is 49.0 Å². The van der Waals surface area contributed by atoms with E-state index in [1.807, 2.05) is 79.7 Å². The predicted octanol–water partition coefficient (Wildman–Crippen LogP) is 13.0. The third-order valence-electron chi connectivity index (χ3n) is 13.3. The third kappa shape index (κ3) is 15.6. The molecule has 85 heavy (non-hydrogen) atoms. The summed E-state index contributed by atoms with van der Waals surface area (Å²) in [5.41, 5.74) is 5.00. The Morgan fingerprint density at radius 3 is 1.19 bits per heavy atom. The van der Waals surface area contributed by atoms with E-state index >= 15 is 0 Å². The Hall–Kier alpha value is -10.0. The number of nitrogens with zero attached hydrogens (tertiary/aromatic N) is 5. The Kier molecular flexibility index (Phi) is 20.3. The van der Waals surface area contributed by atoms with E-state index in [-0.39, 0.29) is 67.7 Å². The van der Waals surface area contributed by atoms with Gasteiger partial charge in [-0.25, -0.2) is 9.59 Å². The zero-order valence-corrected chi connectivity index (χ0v) is 48.1. The first kappa shape index (κ1) is 61.1. The van der Waals surface area contributed by atoms with Gasteiger partial charge in [0.2, 0.25) is 11.6 Å². The summed E-state index contributed by atoms with van der Waals surface area (Å²) in [6, 6.07) is 51.7. The largest absolute Gasteiger partial charge is 0.378 e. The molecule has 1 aliphatic heterocycles. The average Bonchev–Trinajstić information content (AvgIpc) is 2.93. The van der Waals surface area contributed by atoms with E-state index in [1.54, 1.807) is 72.8 Å². The van der Waals surface area contributed by atoms with E-state index in [1.165, 1.54) is 73.8 Å². The van der Waals surface area contributed by atoms with Crippen LogP contribution in [0, 0.1) is 41.0 Å². The van der Waals surface area contributed by atoms with Crippen LogP contribution in [0.5, 0.6) is 0 Å². The number of Topliss-reactive ketones (excluding diaryl/α,β-unsaturated/α-hetero) is 2. The number of ketones is 4. The van der Waals surface area contributed by atoms with Crippen molar-refractivity contribution < 1.29 is 53.0 Å². The number of aryl methyl sites for hydroxylation is 1. The quantitative estimate of drug-likeness (QED) is 0.0240. The number of carbonyl (C=O) groups excluding carboxylic acids is 6. The van der Waals surface area contributed by atoms with Gasteiger partial charge in [-0.3, -0.25) is 39.4 Å². The minimum absolute atomic E-state index is 0.0391. The molecule has 0 atom stereocenters. The van der Waals surface area contributed by atoms with Crippen molar-refractivity contribution >= 4 is 87.1 Å². The number of morpholine rings is 1. The summed E-state index contributed by atoms with van der Waals surface area (Å²) in [5, 5.41) is 30.3. The summed E-state index contributed by atoms with van der Waals surface area (Å²) in [5.74, 6) is -2.68. The summed E-state index contributed by atoms with van der Waals surface area (Å²) >= 11 is 2.91. The second-order valence-corrected chi connectivity index (χ2v) is 21.3. The van der Waals surface area contributed by atoms with Crippen LogP contribution in [0.1, 0.15) is 94.2 Å². The van der Waals surface area contributed by atoms with E-state index in [4.69, 9.17) is 14.4 Å². The fourth-order valence-electron chi connectivity index (χ4n) is 8.84. The average molecular weight is 1180 g/mol. The van der Waals surface area contributed by atoms with Gasteiger partial charge in [-0.1, -0.05) is 82.4 Å². The van der Waals surface area contributed by atoms with Gasteiger partial charge >= 0.3 is 11.9 Å². The van der Waals surface area contributed by atoms with E-state index < -0.39 is 33.4 Å². The number of oxime groups is 2. The molecular weight excluding hydrogens is 1120 g/mol. The van der Waals surface area contributed by atoms with Crippen molar-refractivity contribution in [1.29, 1.82) is 0 Å². The second-order valence-electron chi connectivity index (χ2n) is 19.0. The molecule has 1 aliphatic rings. The monoisotopic (exact) mass is 1180 g/mol. The van der Waals surface area contributed by atoms with Gasteiger partial charge < -0.3 is 19.3 Å². The first-order valence-electron chi connectivity index (χ1n) is 26.3. The van der Waals surface area contributed by atoms with E-state index in [0.29, 0.717) is 35.5 Å². The van der Waals surface area contributed by atoms with Gasteiger partial charge in [0.15, 0.2) is 23.0 Å². The van der Waals surface area contributed by atoms with Crippen molar-refractivity contribution in [3.8, 4) is 0 Å². The molecule has 8 aromatic carbocycles. The van der Waals surface area contributed by atoms with Gasteiger partial charge in [-0.2, -0.15) is 0 Å². The van der Waals surface area contributed by atoms with E-state index in [2.05, 4.69) is 15.2 Å². The fraction of sp³-hybridized carbons (Fsp3) is 0.138. The highest BCUT2D eigenvalue weighted by molar-refractivity contribution is 7.99. The number of anilines is 1. The van der Waals surface area contributed by atoms with Crippen LogP contribution in [-0.4, -0.2) is 82.6 Å². The lowest BCUT2D eigenvalue weighted by Crippen LogP contribution is -2.36. The summed E-state index contributed by atoms with van der Waals surface area (Å²) in [4.78, 5) is 113. The summed E-state index contributed by atoms with van der Waals surface area (Å²) < 4.78 is 5.41. The molecule has 8 aromatic rings. The number of carbonyl (C=O) groups is 6. The molecule has 0 unspecified atom stereocenters. The molecule has 0 aromatic heterocycles. The Morgan fingerprint density at radius 2 is 0.812 bits per heavy atom. The maximum atomic E-state index is 13.4. The Labute approximate surface area is 496 Å². The van der Waals surface area contributed by atoms with Gasteiger partial charge in [0, 0.05) is 120 Å². The van der Waals surface area contributed by atoms with Crippen molar-refractivity contribution in [3.05, 3.63) is 263 Å². The standard InChI is InChI=1S/C34H29N3O7S.C31H24N2O6S/c1-22-30(4-3-5-31(22)37(41)42)32(35-44-23(2)38)34(40)26-10-16-29(17-11-26)45-28-14-8-25(9-15-28)33(39)24-6-12-27(13-7-24)36-18-20-43-21-19-36;1-19-7-4-5-8-26(19)30(35)22-11-15-24(16-12-22)40-25-17-13-23(14-18-25)31(36)29(32-39-21(3)34)27-9-6-10-28(20(27)2)33(37)38/h3-17H,18-21H2,1-2H3;4-18H,1-3H3/b35-32-;32-29-. The molecule has 18 nitrogen and oxygen atoms in total. The van der Waals surface area contributed by atoms with Crippen LogP contribution in [0.15, 0.2) is 212 Å². The van der Waals surface area contributed by atoms with Crippen molar-refractivity contribution in [2.45, 2.75) is 54.2 Å². The lowest BCUT2D eigenvalue weighted by molar-refractivity contribution is -0.385. The molecule has 428 valence electrons. The van der Waals surface area contributed by atoms with Crippen LogP contribution in [0.2, 0.25) is 0 Å². The third-order valence-corrected chi connectivity index (χ3v) is 15.3. The molecule has 1 heterocycles. The number of nitro groups is 2. The zero-order chi connectivity index (χ0) is 60.7. The van der Waals surface area contributed by atoms with Crippen molar-refractivity contribution in [2.75, 3.05) is 31.2 Å². The molecule has 1 saturated heterocycles. The van der Waals surface area contributed by atoms with Crippen LogP contribution >= 0.6 is 23.5 Å². The van der Waals surface area contributed by atoms with Gasteiger partial charge in [0.25, 0.3) is 11.4 Å². The molecule has 0 N–H and O–H groups in total. The molecule has 0 spiro atoms. The SMILES string of the molecule is CC(=O)O/N=C(\C(=O)c1ccc(Sc2ccc(C(=O)c3ccc(N4CCOCC4)cc3)cc2)cc1)c1cccc([N+](=O)[O-])c1C.CC(=O)O/N=C(\C(=O)c1ccc(Sc2ccc(C(=O)c3ccccc3C)cc2)cc1)c1cccc([N+](=O)[O-])c1C. The van der Waals surface area contributed by atoms with Crippen LogP contribution in [0.3, 0.4) is 0 Å². The summed E-state index contributed by atoms with van der Waals surface area (Å²) in [6.45, 7) is 10.3. The topological polar surface area (TPSA) is 244 Å². The van der Waals surface area contributed by atoms with Gasteiger partial charge in [0.05, 0.1) is 23.1 Å². The molecule has 0 amide bonds. The highest BCUT2D eigenvalue weighted by Gasteiger charge is 2.26. The Balaban J connectivity index is 0.000000223. The molecular formula is C65H53N5O13S2. The highest BCUT2D eigenvalue weighted by Crippen LogP contribution is 2.32. The predicted molar refractivity (Wildman–Crippen MR) is 322 cm³/mol. The number of benzene rings is 8. The normalized spacial score (nSPS) is 12.3. The maximum Gasteiger partial charge on any atom is 0.332 e. The van der Waals surface area contributed by atoms with Crippen molar-refractivity contribution in [1.82, 2.24) is 0 Å². The Bertz CT molecular complexity index is 3920.